The average Bonchev–Trinajstić information content (AvgIpc) is 1.63. The lowest BCUT2D eigenvalue weighted by Crippen LogP contribution is -2.09. The van der Waals surface area contributed by atoms with Gasteiger partial charge in [-0.1, -0.05) is 6.92 Å². The molecule has 0 radical (unpaired) electrons. The summed E-state index contributed by atoms with van der Waals surface area (Å²) in [5.74, 6) is 0. The summed E-state index contributed by atoms with van der Waals surface area (Å²) >= 11 is 0. The highest BCUT2D eigenvalue weighted by Crippen LogP contribution is 2.27. The van der Waals surface area contributed by atoms with E-state index in [0.717, 1.165) is 6.54 Å². The minimum absolute atomic E-state index is 0.347. The maximum Gasteiger partial charge on any atom is 0.0982 e. The zero-order valence-corrected chi connectivity index (χ0v) is 7.53. The summed E-state index contributed by atoms with van der Waals surface area (Å²) in [5.41, 5.74) is 0. The van der Waals surface area contributed by atoms with E-state index in [9.17, 15) is 0 Å². The fraction of sp³-hybridized carbons (Fsp3) is 1.00. The molecule has 0 aromatic carbocycles. The third-order valence-electron chi connectivity index (χ3n) is 0.750. The highest BCUT2D eigenvalue weighted by atomic mass is 31.2. The summed E-state index contributed by atoms with van der Waals surface area (Å²) in [6.07, 6.45) is 0.347. The topological polar surface area (TPSA) is 21.3 Å². The molecular formula is C6H16NOP. The van der Waals surface area contributed by atoms with Crippen LogP contribution in [0.2, 0.25) is 0 Å². The summed E-state index contributed by atoms with van der Waals surface area (Å²) < 4.78 is 5.44. The van der Waals surface area contributed by atoms with E-state index in [1.165, 1.54) is 0 Å². The zero-order chi connectivity index (χ0) is 7.28. The van der Waals surface area contributed by atoms with Crippen LogP contribution < -0.4 is 5.09 Å². The van der Waals surface area contributed by atoms with E-state index in [2.05, 4.69) is 32.5 Å². The molecule has 0 heterocycles. The molecule has 0 aromatic heterocycles. The van der Waals surface area contributed by atoms with Gasteiger partial charge >= 0.3 is 0 Å². The normalized spacial score (nSPS) is 14.3. The molecule has 0 rings (SSSR count). The Morgan fingerprint density at radius 1 is 1.56 bits per heavy atom. The van der Waals surface area contributed by atoms with E-state index < -0.39 is 0 Å². The van der Waals surface area contributed by atoms with Crippen LogP contribution in [0.1, 0.15) is 20.8 Å². The largest absolute Gasteiger partial charge is 0.341 e. The van der Waals surface area contributed by atoms with Gasteiger partial charge in [-0.25, -0.2) is 0 Å². The molecule has 0 aromatic rings. The maximum atomic E-state index is 5.44. The Balaban J connectivity index is 3.15. The number of hydrogen-bond acceptors (Lipinski definition) is 2. The Hall–Kier alpha value is 0.350. The molecule has 0 saturated heterocycles. The van der Waals surface area contributed by atoms with Gasteiger partial charge in [0.2, 0.25) is 0 Å². The Morgan fingerprint density at radius 2 is 2.11 bits per heavy atom. The second-order valence-corrected chi connectivity index (χ2v) is 3.69. The molecule has 1 N–H and O–H groups in total. The molecule has 0 saturated carbocycles. The average molecular weight is 149 g/mol. The van der Waals surface area contributed by atoms with Crippen LogP contribution in [0.15, 0.2) is 0 Å². The Kier molecular flexibility index (Phi) is 5.36. The molecule has 0 spiro atoms. The molecule has 56 valence electrons. The first kappa shape index (κ1) is 9.35. The Labute approximate surface area is 58.9 Å². The first-order valence-corrected chi connectivity index (χ1v) is 5.01. The van der Waals surface area contributed by atoms with E-state index >= 15 is 0 Å². The van der Waals surface area contributed by atoms with Gasteiger partial charge in [-0.2, -0.15) is 0 Å². The van der Waals surface area contributed by atoms with E-state index in [-0.39, 0.29) is 8.30 Å². The van der Waals surface area contributed by atoms with Crippen LogP contribution in [0.3, 0.4) is 0 Å². The smallest absolute Gasteiger partial charge is 0.0982 e. The van der Waals surface area contributed by atoms with Crippen molar-refractivity contribution in [3.63, 3.8) is 0 Å². The number of rotatable bonds is 4. The van der Waals surface area contributed by atoms with Crippen LogP contribution in [-0.2, 0) is 4.52 Å². The van der Waals surface area contributed by atoms with Crippen LogP contribution in [0.4, 0.5) is 0 Å². The van der Waals surface area contributed by atoms with Crippen molar-refractivity contribution in [2.24, 2.45) is 0 Å². The maximum absolute atomic E-state index is 5.44. The summed E-state index contributed by atoms with van der Waals surface area (Å²) in [5, 5.41) is 3.22. The highest BCUT2D eigenvalue weighted by molar-refractivity contribution is 7.49. The second kappa shape index (κ2) is 5.16. The highest BCUT2D eigenvalue weighted by Gasteiger charge is 2.00. The molecule has 0 aliphatic rings. The van der Waals surface area contributed by atoms with Gasteiger partial charge in [0.15, 0.2) is 0 Å². The van der Waals surface area contributed by atoms with Gasteiger partial charge in [0, 0.05) is 0 Å². The quantitative estimate of drug-likeness (QED) is 0.617. The lowest BCUT2D eigenvalue weighted by atomic mass is 10.5. The predicted molar refractivity (Wildman–Crippen MR) is 42.7 cm³/mol. The first-order valence-electron chi connectivity index (χ1n) is 3.30. The summed E-state index contributed by atoms with van der Waals surface area (Å²) in [7, 11) is -0.370. The second-order valence-electron chi connectivity index (χ2n) is 2.16. The van der Waals surface area contributed by atoms with Gasteiger partial charge in [-0.3, -0.25) is 5.09 Å². The van der Waals surface area contributed by atoms with Crippen LogP contribution >= 0.6 is 8.30 Å². The van der Waals surface area contributed by atoms with Crippen molar-refractivity contribution in [2.45, 2.75) is 26.9 Å². The van der Waals surface area contributed by atoms with Crippen LogP contribution in [0.5, 0.6) is 0 Å². The van der Waals surface area contributed by atoms with E-state index in [1.807, 2.05) is 0 Å². The fourth-order valence-corrected chi connectivity index (χ4v) is 1.73. The van der Waals surface area contributed by atoms with Crippen molar-refractivity contribution in [1.29, 1.82) is 0 Å². The van der Waals surface area contributed by atoms with Gasteiger partial charge in [0.1, 0.15) is 0 Å². The SMILES string of the molecule is CCNP(C)OC(C)C. The third kappa shape index (κ3) is 6.23. The molecule has 1 unspecified atom stereocenters. The van der Waals surface area contributed by atoms with Crippen LogP contribution in [0.25, 0.3) is 0 Å². The first-order chi connectivity index (χ1) is 4.16. The minimum atomic E-state index is -0.370. The number of hydrogen-bond donors (Lipinski definition) is 1. The van der Waals surface area contributed by atoms with Gasteiger partial charge in [0.25, 0.3) is 0 Å². The lowest BCUT2D eigenvalue weighted by Gasteiger charge is -2.15. The molecule has 0 amide bonds. The van der Waals surface area contributed by atoms with Crippen LogP contribution in [-0.4, -0.2) is 19.3 Å². The summed E-state index contributed by atoms with van der Waals surface area (Å²) in [6, 6.07) is 0. The molecular weight excluding hydrogens is 133 g/mol. The summed E-state index contributed by atoms with van der Waals surface area (Å²) in [4.78, 5) is 0. The molecule has 9 heavy (non-hydrogen) atoms. The minimum Gasteiger partial charge on any atom is -0.341 e. The van der Waals surface area contributed by atoms with Crippen molar-refractivity contribution < 1.29 is 4.52 Å². The third-order valence-corrected chi connectivity index (χ3v) is 2.25. The molecule has 1 atom stereocenters. The fourth-order valence-electron chi connectivity index (χ4n) is 0.576. The predicted octanol–water partition coefficient (Wildman–Crippen LogP) is 1.96. The van der Waals surface area contributed by atoms with Crippen LogP contribution in [0, 0.1) is 0 Å². The van der Waals surface area contributed by atoms with Gasteiger partial charge in [-0.05, 0) is 27.1 Å². The summed E-state index contributed by atoms with van der Waals surface area (Å²) in [6.45, 7) is 9.27. The van der Waals surface area contributed by atoms with Gasteiger partial charge in [0.05, 0.1) is 14.4 Å². The molecule has 0 aliphatic carbocycles. The lowest BCUT2D eigenvalue weighted by molar-refractivity contribution is 0.268. The molecule has 0 fully saturated rings. The monoisotopic (exact) mass is 149 g/mol. The van der Waals surface area contributed by atoms with Gasteiger partial charge in [-0.15, -0.1) is 0 Å². The van der Waals surface area contributed by atoms with Crippen molar-refractivity contribution in [1.82, 2.24) is 5.09 Å². The van der Waals surface area contributed by atoms with Gasteiger partial charge < -0.3 is 4.52 Å². The zero-order valence-electron chi connectivity index (χ0n) is 6.64. The van der Waals surface area contributed by atoms with Crippen molar-refractivity contribution in [2.75, 3.05) is 13.2 Å². The van der Waals surface area contributed by atoms with E-state index in [0.29, 0.717) is 6.10 Å². The Morgan fingerprint density at radius 3 is 2.44 bits per heavy atom. The molecule has 0 aliphatic heterocycles. The van der Waals surface area contributed by atoms with Crippen molar-refractivity contribution >= 4 is 8.30 Å². The molecule has 3 heteroatoms. The number of nitrogens with one attached hydrogen (secondary N) is 1. The van der Waals surface area contributed by atoms with Crippen molar-refractivity contribution in [3.05, 3.63) is 0 Å². The van der Waals surface area contributed by atoms with E-state index in [4.69, 9.17) is 4.52 Å². The standard InChI is InChI=1S/C6H16NOP/c1-5-7-9(4)8-6(2)3/h6-7H,5H2,1-4H3. The molecule has 0 bridgehead atoms. The molecule has 2 nitrogen and oxygen atoms in total. The van der Waals surface area contributed by atoms with E-state index in [1.54, 1.807) is 0 Å². The Bertz CT molecular complexity index is 68.1. The van der Waals surface area contributed by atoms with Crippen molar-refractivity contribution in [3.8, 4) is 0 Å².